The maximum absolute atomic E-state index is 13.2. The van der Waals surface area contributed by atoms with E-state index in [0.717, 1.165) is 17.7 Å². The molecule has 1 aliphatic heterocycles. The van der Waals surface area contributed by atoms with Gasteiger partial charge in [-0.1, -0.05) is 54.9 Å². The standard InChI is InChI=1S/C21H24ClN3O2.ClH/c1-2-23-11-12-24-20(26)19-13-15-7-3-4-8-16(15)14-25(19)21(27)17-9-5-6-10-18(17)22;/h3-10,19,23H,2,11-14H2,1H3,(H,24,26);1H. The van der Waals surface area contributed by atoms with Gasteiger partial charge in [-0.05, 0) is 29.8 Å². The number of carbonyl (C=O) groups is 2. The summed E-state index contributed by atoms with van der Waals surface area (Å²) in [6.07, 6.45) is 0.499. The van der Waals surface area contributed by atoms with Crippen LogP contribution in [0.15, 0.2) is 48.5 Å². The van der Waals surface area contributed by atoms with Crippen molar-refractivity contribution >= 4 is 35.8 Å². The average molecular weight is 422 g/mol. The van der Waals surface area contributed by atoms with Crippen LogP contribution in [0.1, 0.15) is 28.4 Å². The Labute approximate surface area is 176 Å². The zero-order valence-electron chi connectivity index (χ0n) is 15.8. The number of rotatable bonds is 6. The average Bonchev–Trinajstić information content (AvgIpc) is 2.70. The fourth-order valence-electron chi connectivity index (χ4n) is 3.33. The van der Waals surface area contributed by atoms with Gasteiger partial charge in [-0.2, -0.15) is 0 Å². The van der Waals surface area contributed by atoms with Crippen molar-refractivity contribution in [2.75, 3.05) is 19.6 Å². The van der Waals surface area contributed by atoms with Crippen molar-refractivity contribution in [2.45, 2.75) is 25.9 Å². The van der Waals surface area contributed by atoms with Crippen molar-refractivity contribution in [2.24, 2.45) is 0 Å². The van der Waals surface area contributed by atoms with Crippen LogP contribution in [0.2, 0.25) is 5.02 Å². The topological polar surface area (TPSA) is 61.4 Å². The lowest BCUT2D eigenvalue weighted by Gasteiger charge is -2.36. The van der Waals surface area contributed by atoms with Crippen molar-refractivity contribution < 1.29 is 9.59 Å². The second kappa shape index (κ2) is 10.5. The molecule has 2 aromatic rings. The highest BCUT2D eigenvalue weighted by Gasteiger charge is 2.35. The first-order chi connectivity index (χ1) is 13.1. The molecule has 0 bridgehead atoms. The van der Waals surface area contributed by atoms with Crippen LogP contribution in [0.3, 0.4) is 0 Å². The summed E-state index contributed by atoms with van der Waals surface area (Å²) in [5.74, 6) is -0.357. The monoisotopic (exact) mass is 421 g/mol. The van der Waals surface area contributed by atoms with Crippen LogP contribution in [0, 0.1) is 0 Å². The fraction of sp³-hybridized carbons (Fsp3) is 0.333. The van der Waals surface area contributed by atoms with Crippen LogP contribution < -0.4 is 10.6 Å². The molecule has 28 heavy (non-hydrogen) atoms. The van der Waals surface area contributed by atoms with Gasteiger partial charge in [-0.3, -0.25) is 9.59 Å². The molecule has 0 aromatic heterocycles. The number of nitrogens with one attached hydrogen (secondary N) is 2. The quantitative estimate of drug-likeness (QED) is 0.704. The molecule has 1 atom stereocenters. The van der Waals surface area contributed by atoms with Gasteiger partial charge in [0.1, 0.15) is 6.04 Å². The third kappa shape index (κ3) is 5.04. The van der Waals surface area contributed by atoms with E-state index in [-0.39, 0.29) is 24.2 Å². The van der Waals surface area contributed by atoms with Gasteiger partial charge in [0, 0.05) is 26.1 Å². The third-order valence-electron chi connectivity index (χ3n) is 4.77. The zero-order valence-corrected chi connectivity index (χ0v) is 17.4. The summed E-state index contributed by atoms with van der Waals surface area (Å²) in [5, 5.41) is 6.51. The Hall–Kier alpha value is -2.08. The summed E-state index contributed by atoms with van der Waals surface area (Å²) in [6, 6.07) is 14.3. The Bertz CT molecular complexity index is 829. The SMILES string of the molecule is CCNCCNC(=O)C1Cc2ccccc2CN1C(=O)c1ccccc1Cl.Cl. The molecular weight excluding hydrogens is 397 g/mol. The van der Waals surface area contributed by atoms with Gasteiger partial charge in [0.05, 0.1) is 10.6 Å². The first kappa shape index (κ1) is 22.2. The molecule has 0 aliphatic carbocycles. The van der Waals surface area contributed by atoms with Crippen LogP contribution in [0.5, 0.6) is 0 Å². The van der Waals surface area contributed by atoms with Crippen molar-refractivity contribution in [3.05, 3.63) is 70.2 Å². The van der Waals surface area contributed by atoms with Crippen LogP contribution in [-0.2, 0) is 17.8 Å². The van der Waals surface area contributed by atoms with Crippen molar-refractivity contribution in [1.29, 1.82) is 0 Å². The van der Waals surface area contributed by atoms with Gasteiger partial charge in [0.25, 0.3) is 5.91 Å². The van der Waals surface area contributed by atoms with Crippen LogP contribution in [0.4, 0.5) is 0 Å². The fourth-order valence-corrected chi connectivity index (χ4v) is 3.55. The van der Waals surface area contributed by atoms with E-state index in [1.54, 1.807) is 29.2 Å². The Morgan fingerprint density at radius 3 is 2.46 bits per heavy atom. The highest BCUT2D eigenvalue weighted by molar-refractivity contribution is 6.33. The number of likely N-dealkylation sites (N-methyl/N-ethyl adjacent to an activating group) is 1. The highest BCUT2D eigenvalue weighted by atomic mass is 35.5. The van der Waals surface area contributed by atoms with E-state index in [2.05, 4.69) is 10.6 Å². The summed E-state index contributed by atoms with van der Waals surface area (Å²) in [5.41, 5.74) is 2.59. The summed E-state index contributed by atoms with van der Waals surface area (Å²) < 4.78 is 0. The molecule has 1 unspecified atom stereocenters. The number of carbonyl (C=O) groups excluding carboxylic acids is 2. The maximum atomic E-state index is 13.2. The molecule has 3 rings (SSSR count). The second-order valence-electron chi connectivity index (χ2n) is 6.55. The Balaban J connectivity index is 0.00000280. The van der Waals surface area contributed by atoms with E-state index in [0.29, 0.717) is 36.6 Å². The van der Waals surface area contributed by atoms with Crippen molar-refractivity contribution in [1.82, 2.24) is 15.5 Å². The highest BCUT2D eigenvalue weighted by Crippen LogP contribution is 2.27. The van der Waals surface area contributed by atoms with Crippen molar-refractivity contribution in [3.8, 4) is 0 Å². The molecular formula is C21H25Cl2N3O2. The van der Waals surface area contributed by atoms with E-state index >= 15 is 0 Å². The molecule has 2 amide bonds. The molecule has 5 nitrogen and oxygen atoms in total. The predicted molar refractivity (Wildman–Crippen MR) is 114 cm³/mol. The Kier molecular flexibility index (Phi) is 8.30. The molecule has 2 N–H and O–H groups in total. The molecule has 0 saturated heterocycles. The lowest BCUT2D eigenvalue weighted by molar-refractivity contribution is -0.126. The van der Waals surface area contributed by atoms with Gasteiger partial charge in [0.15, 0.2) is 0 Å². The predicted octanol–water partition coefficient (Wildman–Crippen LogP) is 3.05. The molecule has 2 aromatic carbocycles. The van der Waals surface area contributed by atoms with Gasteiger partial charge in [-0.15, -0.1) is 12.4 Å². The summed E-state index contributed by atoms with van der Waals surface area (Å²) in [4.78, 5) is 27.6. The van der Waals surface area contributed by atoms with Gasteiger partial charge in [-0.25, -0.2) is 0 Å². The first-order valence-corrected chi connectivity index (χ1v) is 9.60. The number of benzene rings is 2. The number of hydrogen-bond acceptors (Lipinski definition) is 3. The van der Waals surface area contributed by atoms with Crippen LogP contribution in [-0.4, -0.2) is 42.4 Å². The van der Waals surface area contributed by atoms with Gasteiger partial charge < -0.3 is 15.5 Å². The minimum Gasteiger partial charge on any atom is -0.353 e. The second-order valence-corrected chi connectivity index (χ2v) is 6.95. The van der Waals surface area contributed by atoms with E-state index in [4.69, 9.17) is 11.6 Å². The number of amides is 2. The number of halogens is 2. The molecule has 7 heteroatoms. The van der Waals surface area contributed by atoms with E-state index in [9.17, 15) is 9.59 Å². The van der Waals surface area contributed by atoms with Gasteiger partial charge >= 0.3 is 0 Å². The molecule has 1 aliphatic rings. The van der Waals surface area contributed by atoms with E-state index in [1.807, 2.05) is 31.2 Å². The number of fused-ring (bicyclic) bond motifs is 1. The van der Waals surface area contributed by atoms with Crippen LogP contribution in [0.25, 0.3) is 0 Å². The maximum Gasteiger partial charge on any atom is 0.256 e. The summed E-state index contributed by atoms with van der Waals surface area (Å²) in [6.45, 7) is 4.49. The minimum atomic E-state index is -0.551. The molecule has 0 fully saturated rings. The minimum absolute atomic E-state index is 0. The zero-order chi connectivity index (χ0) is 19.2. The molecule has 0 saturated carbocycles. The smallest absolute Gasteiger partial charge is 0.256 e. The normalized spacial score (nSPS) is 15.4. The third-order valence-corrected chi connectivity index (χ3v) is 5.10. The molecule has 150 valence electrons. The lowest BCUT2D eigenvalue weighted by Crippen LogP contribution is -2.53. The van der Waals surface area contributed by atoms with Crippen LogP contribution >= 0.6 is 24.0 Å². The Morgan fingerprint density at radius 1 is 1.07 bits per heavy atom. The summed E-state index contributed by atoms with van der Waals surface area (Å²) >= 11 is 6.23. The first-order valence-electron chi connectivity index (χ1n) is 9.22. The lowest BCUT2D eigenvalue weighted by atomic mass is 9.92. The van der Waals surface area contributed by atoms with Gasteiger partial charge in [0.2, 0.25) is 5.91 Å². The largest absolute Gasteiger partial charge is 0.353 e. The van der Waals surface area contributed by atoms with E-state index < -0.39 is 6.04 Å². The van der Waals surface area contributed by atoms with E-state index in [1.165, 1.54) is 0 Å². The Morgan fingerprint density at radius 2 is 1.75 bits per heavy atom. The van der Waals surface area contributed by atoms with Crippen molar-refractivity contribution in [3.63, 3.8) is 0 Å². The summed E-state index contributed by atoms with van der Waals surface area (Å²) in [7, 11) is 0. The number of nitrogens with zero attached hydrogens (tertiary/aromatic N) is 1. The number of hydrogen-bond donors (Lipinski definition) is 2. The molecule has 1 heterocycles. The molecule has 0 radical (unpaired) electrons. The molecule has 0 spiro atoms.